The number of hydrogen-bond donors (Lipinski definition) is 3. The lowest BCUT2D eigenvalue weighted by atomic mass is 9.81. The summed E-state index contributed by atoms with van der Waals surface area (Å²) in [5.74, 6) is -0.461. The predicted molar refractivity (Wildman–Crippen MR) is 77.5 cm³/mol. The van der Waals surface area contributed by atoms with E-state index in [0.717, 1.165) is 0 Å². The van der Waals surface area contributed by atoms with Gasteiger partial charge in [0, 0.05) is 34.2 Å². The highest BCUT2D eigenvalue weighted by Gasteiger charge is 2.32. The maximum Gasteiger partial charge on any atom is 0.312 e. The van der Waals surface area contributed by atoms with E-state index >= 15 is 0 Å². The number of hydrogen-bond acceptors (Lipinski definition) is 5. The molecule has 0 bridgehead atoms. The van der Waals surface area contributed by atoms with Crippen molar-refractivity contribution in [2.24, 2.45) is 11.1 Å². The molecule has 0 saturated heterocycles. The van der Waals surface area contributed by atoms with E-state index in [9.17, 15) is 20.3 Å². The third-order valence-corrected chi connectivity index (χ3v) is 3.32. The molecule has 1 aromatic rings. The number of nitro benzene ring substituents is 1. The quantitative estimate of drug-likeness (QED) is 0.568. The van der Waals surface area contributed by atoms with Gasteiger partial charge in [0.25, 0.3) is 0 Å². The van der Waals surface area contributed by atoms with Crippen LogP contribution < -0.4 is 5.73 Å². The van der Waals surface area contributed by atoms with Gasteiger partial charge in [0.1, 0.15) is 0 Å². The maximum absolute atomic E-state index is 10.8. The molecule has 0 fully saturated rings. The van der Waals surface area contributed by atoms with Gasteiger partial charge in [-0.3, -0.25) is 10.1 Å². The van der Waals surface area contributed by atoms with Gasteiger partial charge < -0.3 is 15.9 Å². The lowest BCUT2D eigenvalue weighted by Gasteiger charge is -2.30. The summed E-state index contributed by atoms with van der Waals surface area (Å²) in [6, 6.07) is 2.00. The molecular weight excluding hydrogens is 339 g/mol. The van der Waals surface area contributed by atoms with Gasteiger partial charge in [-0.15, -0.1) is 12.4 Å². The minimum atomic E-state index is -0.723. The van der Waals surface area contributed by atoms with Crippen LogP contribution in [0.15, 0.2) is 16.6 Å². The van der Waals surface area contributed by atoms with Crippen LogP contribution in [0.25, 0.3) is 0 Å². The third kappa shape index (κ3) is 3.79. The molecule has 0 radical (unpaired) electrons. The zero-order chi connectivity index (χ0) is 14.1. The average Bonchev–Trinajstić information content (AvgIpc) is 2.30. The molecule has 19 heavy (non-hydrogen) atoms. The smallest absolute Gasteiger partial charge is 0.312 e. The van der Waals surface area contributed by atoms with Crippen LogP contribution in [0.3, 0.4) is 0 Å². The van der Waals surface area contributed by atoms with Crippen molar-refractivity contribution >= 4 is 34.0 Å². The highest BCUT2D eigenvalue weighted by atomic mass is 79.9. The average molecular weight is 356 g/mol. The van der Waals surface area contributed by atoms with E-state index in [2.05, 4.69) is 15.9 Å². The molecule has 0 spiro atoms. The molecule has 8 heteroatoms. The Balaban J connectivity index is 0.00000324. The Morgan fingerprint density at radius 3 is 2.47 bits per heavy atom. The van der Waals surface area contributed by atoms with Crippen molar-refractivity contribution < 1.29 is 15.1 Å². The lowest BCUT2D eigenvalue weighted by molar-refractivity contribution is -0.386. The van der Waals surface area contributed by atoms with Crippen LogP contribution in [0.5, 0.6) is 5.75 Å². The second-order valence-electron chi connectivity index (χ2n) is 4.74. The van der Waals surface area contributed by atoms with Crippen molar-refractivity contribution in [1.82, 2.24) is 0 Å². The van der Waals surface area contributed by atoms with E-state index < -0.39 is 27.8 Å². The molecule has 0 heterocycles. The zero-order valence-electron chi connectivity index (χ0n) is 10.5. The highest BCUT2D eigenvalue weighted by Crippen LogP contribution is 2.41. The fourth-order valence-corrected chi connectivity index (χ4v) is 1.96. The van der Waals surface area contributed by atoms with Crippen LogP contribution in [0.1, 0.15) is 25.5 Å². The molecule has 1 aromatic carbocycles. The number of nitrogens with two attached hydrogens (primary N) is 1. The van der Waals surface area contributed by atoms with Crippen LogP contribution in [0.4, 0.5) is 5.69 Å². The minimum absolute atomic E-state index is 0. The number of nitro groups is 1. The number of rotatable bonds is 4. The van der Waals surface area contributed by atoms with Crippen LogP contribution >= 0.6 is 28.3 Å². The fourth-order valence-electron chi connectivity index (χ4n) is 1.50. The van der Waals surface area contributed by atoms with Crippen molar-refractivity contribution in [3.8, 4) is 5.75 Å². The van der Waals surface area contributed by atoms with Gasteiger partial charge in [-0.25, -0.2) is 0 Å². The van der Waals surface area contributed by atoms with E-state index in [1.807, 2.05) is 0 Å². The summed E-state index contributed by atoms with van der Waals surface area (Å²) in [4.78, 5) is 10.1. The van der Waals surface area contributed by atoms with Gasteiger partial charge in [-0.1, -0.05) is 29.8 Å². The monoisotopic (exact) mass is 354 g/mol. The number of aliphatic hydroxyl groups excluding tert-OH is 1. The van der Waals surface area contributed by atoms with Gasteiger partial charge in [-0.2, -0.15) is 0 Å². The Morgan fingerprint density at radius 1 is 1.53 bits per heavy atom. The third-order valence-electron chi connectivity index (χ3n) is 2.87. The molecule has 0 aliphatic heterocycles. The first-order valence-corrected chi connectivity index (χ1v) is 6.03. The van der Waals surface area contributed by atoms with Crippen molar-refractivity contribution in [3.63, 3.8) is 0 Å². The van der Waals surface area contributed by atoms with E-state index in [1.165, 1.54) is 12.1 Å². The minimum Gasteiger partial charge on any atom is -0.502 e. The summed E-state index contributed by atoms with van der Waals surface area (Å²) in [5.41, 5.74) is 5.07. The first kappa shape index (κ1) is 18.1. The Kier molecular flexibility index (Phi) is 6.21. The first-order valence-electron chi connectivity index (χ1n) is 5.24. The summed E-state index contributed by atoms with van der Waals surface area (Å²) in [5, 5.41) is 29.9. The Morgan fingerprint density at radius 2 is 2.05 bits per heavy atom. The van der Waals surface area contributed by atoms with Gasteiger partial charge in [0.2, 0.25) is 0 Å². The van der Waals surface area contributed by atoms with Crippen LogP contribution in [0, 0.1) is 15.5 Å². The topological polar surface area (TPSA) is 110 Å². The molecule has 108 valence electrons. The normalized spacial score (nSPS) is 12.7. The lowest BCUT2D eigenvalue weighted by Crippen LogP contribution is -2.32. The largest absolute Gasteiger partial charge is 0.502 e. The molecule has 0 aliphatic carbocycles. The molecule has 0 saturated carbocycles. The van der Waals surface area contributed by atoms with Crippen LogP contribution in [-0.2, 0) is 0 Å². The Labute approximate surface area is 125 Å². The molecule has 1 rings (SSSR count). The van der Waals surface area contributed by atoms with E-state index in [0.29, 0.717) is 4.47 Å². The summed E-state index contributed by atoms with van der Waals surface area (Å²) in [6.45, 7) is 3.22. The van der Waals surface area contributed by atoms with Gasteiger partial charge in [-0.05, 0) is 6.07 Å². The second kappa shape index (κ2) is 6.51. The number of phenolic OH excluding ortho intramolecular Hbond substituents is 1. The van der Waals surface area contributed by atoms with E-state index in [-0.39, 0.29) is 24.6 Å². The molecule has 0 aliphatic rings. The summed E-state index contributed by atoms with van der Waals surface area (Å²) >= 11 is 3.14. The van der Waals surface area contributed by atoms with E-state index in [4.69, 9.17) is 5.73 Å². The first-order chi connectivity index (χ1) is 8.20. The predicted octanol–water partition coefficient (Wildman–Crippen LogP) is 2.50. The van der Waals surface area contributed by atoms with Crippen LogP contribution in [-0.4, -0.2) is 21.7 Å². The summed E-state index contributed by atoms with van der Waals surface area (Å²) in [6.07, 6.45) is 0. The van der Waals surface area contributed by atoms with Crippen molar-refractivity contribution in [2.45, 2.75) is 19.9 Å². The van der Waals surface area contributed by atoms with Crippen molar-refractivity contribution in [1.29, 1.82) is 0 Å². The fraction of sp³-hybridized carbons (Fsp3) is 0.455. The molecular formula is C11H16BrClN2O4. The molecule has 0 amide bonds. The maximum atomic E-state index is 10.8. The Bertz CT molecular complexity index is 482. The van der Waals surface area contributed by atoms with Gasteiger partial charge >= 0.3 is 5.69 Å². The molecule has 1 atom stereocenters. The summed E-state index contributed by atoms with van der Waals surface area (Å²) in [7, 11) is 0. The SMILES string of the molecule is CC(C)(CO)[C@@H](N)c1cc(Br)cc([N+](=O)[O-])c1O.Cl. The van der Waals surface area contributed by atoms with Crippen molar-refractivity contribution in [3.05, 3.63) is 32.3 Å². The van der Waals surface area contributed by atoms with Gasteiger partial charge in [0.15, 0.2) is 5.75 Å². The number of benzene rings is 1. The van der Waals surface area contributed by atoms with Crippen molar-refractivity contribution in [2.75, 3.05) is 6.61 Å². The molecule has 6 nitrogen and oxygen atoms in total. The Hall–Kier alpha value is -0.890. The van der Waals surface area contributed by atoms with E-state index in [1.54, 1.807) is 13.8 Å². The molecule has 4 N–H and O–H groups in total. The van der Waals surface area contributed by atoms with Gasteiger partial charge in [0.05, 0.1) is 4.92 Å². The highest BCUT2D eigenvalue weighted by molar-refractivity contribution is 9.10. The molecule has 0 unspecified atom stereocenters. The standard InChI is InChI=1S/C11H15BrN2O4.ClH/c1-11(2,5-15)10(13)7-3-6(12)4-8(9(7)16)14(17)18;/h3-4,10,15-16H,5,13H2,1-2H3;1H/t10-;/m0./s1. The number of aromatic hydroxyl groups is 1. The van der Waals surface area contributed by atoms with Crippen LogP contribution in [0.2, 0.25) is 0 Å². The number of halogens is 2. The zero-order valence-corrected chi connectivity index (χ0v) is 12.9. The molecule has 0 aromatic heterocycles. The summed E-state index contributed by atoms with van der Waals surface area (Å²) < 4.78 is 0.450. The number of nitrogens with zero attached hydrogens (tertiary/aromatic N) is 1. The number of aliphatic hydroxyl groups is 1. The second-order valence-corrected chi connectivity index (χ2v) is 5.66. The number of phenols is 1.